The Hall–Kier alpha value is -2.30. The number of aryl methyl sites for hydroxylation is 1. The summed E-state index contributed by atoms with van der Waals surface area (Å²) in [4.78, 5) is 36.1. The fourth-order valence-electron chi connectivity index (χ4n) is 2.99. The van der Waals surface area contributed by atoms with Crippen molar-refractivity contribution in [2.24, 2.45) is 0 Å². The zero-order valence-electron chi connectivity index (χ0n) is 14.0. The number of amides is 1. The van der Waals surface area contributed by atoms with Crippen molar-refractivity contribution in [2.45, 2.75) is 6.92 Å². The molecule has 0 aromatic carbocycles. The Bertz CT molecular complexity index is 697. The van der Waals surface area contributed by atoms with Gasteiger partial charge in [-0.25, -0.2) is 4.98 Å². The predicted molar refractivity (Wildman–Crippen MR) is 93.4 cm³/mol. The molecule has 0 N–H and O–H groups in total. The highest BCUT2D eigenvalue weighted by atomic mass is 32.2. The van der Waals surface area contributed by atoms with Crippen LogP contribution in [0.3, 0.4) is 0 Å². The summed E-state index contributed by atoms with van der Waals surface area (Å²) in [5.41, 5.74) is 0.220. The predicted octanol–water partition coefficient (Wildman–Crippen LogP) is -0.460. The van der Waals surface area contributed by atoms with E-state index in [2.05, 4.69) is 9.97 Å². The highest BCUT2D eigenvalue weighted by Gasteiger charge is 2.30. The summed E-state index contributed by atoms with van der Waals surface area (Å²) in [6.07, 6.45) is 0.818. The number of anilines is 2. The monoisotopic (exact) mass is 368 g/mol. The Morgan fingerprint density at radius 2 is 1.72 bits per heavy atom. The maximum atomic E-state index is 11.6. The Kier molecular flexibility index (Phi) is 5.11. The third-order valence-electron chi connectivity index (χ3n) is 4.43. The van der Waals surface area contributed by atoms with Crippen LogP contribution in [-0.4, -0.2) is 81.2 Å². The lowest BCUT2D eigenvalue weighted by Crippen LogP contribution is -2.46. The molecule has 25 heavy (non-hydrogen) atoms. The average molecular weight is 368 g/mol. The molecular formula is C14H20N6O4S. The summed E-state index contributed by atoms with van der Waals surface area (Å²) in [5.74, 6) is 1.69. The third-order valence-corrected chi connectivity index (χ3v) is 5.71. The maximum Gasteiger partial charge on any atom is 0.332 e. The lowest BCUT2D eigenvalue weighted by Gasteiger charge is -2.33. The maximum absolute atomic E-state index is 11.6. The van der Waals surface area contributed by atoms with Gasteiger partial charge in [-0.15, -0.1) is 0 Å². The first-order chi connectivity index (χ1) is 12.0. The van der Waals surface area contributed by atoms with Gasteiger partial charge in [0.05, 0.1) is 4.92 Å². The van der Waals surface area contributed by atoms with Gasteiger partial charge < -0.3 is 14.7 Å². The van der Waals surface area contributed by atoms with Gasteiger partial charge in [0.15, 0.2) is 0 Å². The van der Waals surface area contributed by atoms with Gasteiger partial charge in [-0.05, 0) is 6.92 Å². The molecule has 11 heteroatoms. The van der Waals surface area contributed by atoms with Crippen LogP contribution < -0.4 is 9.80 Å². The van der Waals surface area contributed by atoms with E-state index < -0.39 is 15.7 Å². The summed E-state index contributed by atoms with van der Waals surface area (Å²) in [6.45, 7) is 4.86. The second-order valence-corrected chi connectivity index (χ2v) is 7.70. The van der Waals surface area contributed by atoms with Crippen molar-refractivity contribution in [3.8, 4) is 0 Å². The van der Waals surface area contributed by atoms with Crippen molar-refractivity contribution in [2.75, 3.05) is 60.6 Å². The Morgan fingerprint density at radius 3 is 2.28 bits per heavy atom. The van der Waals surface area contributed by atoms with Crippen molar-refractivity contribution in [3.05, 3.63) is 15.8 Å². The molecule has 2 aliphatic rings. The van der Waals surface area contributed by atoms with Crippen molar-refractivity contribution in [1.29, 1.82) is 0 Å². The van der Waals surface area contributed by atoms with Crippen LogP contribution in [0.2, 0.25) is 0 Å². The van der Waals surface area contributed by atoms with Gasteiger partial charge in [-0.2, -0.15) is 4.98 Å². The van der Waals surface area contributed by atoms with Crippen molar-refractivity contribution in [1.82, 2.24) is 14.9 Å². The number of nitro groups is 1. The summed E-state index contributed by atoms with van der Waals surface area (Å²) < 4.78 is 11.6. The minimum atomic E-state index is -0.876. The van der Waals surface area contributed by atoms with Crippen LogP contribution in [0, 0.1) is 17.0 Å². The first kappa shape index (κ1) is 17.5. The molecule has 2 saturated heterocycles. The Labute approximate surface area is 147 Å². The molecule has 2 fully saturated rings. The molecule has 3 heterocycles. The fourth-order valence-corrected chi connectivity index (χ4v) is 4.04. The molecule has 1 aromatic rings. The molecule has 0 atom stereocenters. The van der Waals surface area contributed by atoms with Crippen molar-refractivity contribution < 1.29 is 13.9 Å². The molecular weight excluding hydrogens is 348 g/mol. The van der Waals surface area contributed by atoms with Crippen LogP contribution in [0.25, 0.3) is 0 Å². The number of aromatic nitrogens is 2. The van der Waals surface area contributed by atoms with Crippen LogP contribution in [0.15, 0.2) is 0 Å². The lowest BCUT2D eigenvalue weighted by atomic mass is 10.3. The van der Waals surface area contributed by atoms with E-state index in [-0.39, 0.29) is 5.69 Å². The normalized spacial score (nSPS) is 19.2. The fraction of sp³-hybridized carbons (Fsp3) is 0.643. The highest BCUT2D eigenvalue weighted by molar-refractivity contribution is 7.85. The number of nitrogens with zero attached hydrogens (tertiary/aromatic N) is 6. The molecule has 3 rings (SSSR count). The van der Waals surface area contributed by atoms with Crippen LogP contribution in [-0.2, 0) is 15.6 Å². The minimum absolute atomic E-state index is 0.0945. The van der Waals surface area contributed by atoms with Gasteiger partial charge in [0.25, 0.3) is 0 Å². The number of piperazine rings is 1. The van der Waals surface area contributed by atoms with E-state index >= 15 is 0 Å². The number of carbonyl (C=O) groups excluding carboxylic acids is 1. The topological polar surface area (TPSA) is 113 Å². The van der Waals surface area contributed by atoms with Gasteiger partial charge >= 0.3 is 5.69 Å². The molecule has 1 aromatic heterocycles. The van der Waals surface area contributed by atoms with Gasteiger partial charge in [-0.1, -0.05) is 0 Å². The quantitative estimate of drug-likeness (QED) is 0.399. The summed E-state index contributed by atoms with van der Waals surface area (Å²) >= 11 is 0. The van der Waals surface area contributed by atoms with Gasteiger partial charge in [0.2, 0.25) is 18.2 Å². The average Bonchev–Trinajstić information content (AvgIpc) is 2.61. The van der Waals surface area contributed by atoms with Gasteiger partial charge in [0, 0.05) is 61.6 Å². The van der Waals surface area contributed by atoms with Crippen molar-refractivity contribution in [3.63, 3.8) is 0 Å². The molecule has 0 spiro atoms. The molecule has 136 valence electrons. The van der Waals surface area contributed by atoms with E-state index in [0.29, 0.717) is 68.2 Å². The standard InChI is InChI=1S/C14H20N6O4S/c1-11-12(20(22)23)13(18-6-8-25(24)9-7-18)16-14(15-11)19-4-2-17(10-21)3-5-19/h10H,2-9H2,1H3. The molecule has 0 saturated carbocycles. The first-order valence-electron chi connectivity index (χ1n) is 8.07. The number of hydrogen-bond acceptors (Lipinski definition) is 8. The van der Waals surface area contributed by atoms with Crippen LogP contribution in [0.4, 0.5) is 17.5 Å². The molecule has 0 bridgehead atoms. The second-order valence-electron chi connectivity index (χ2n) is 6.00. The van der Waals surface area contributed by atoms with E-state index in [1.807, 2.05) is 9.80 Å². The zero-order valence-corrected chi connectivity index (χ0v) is 14.8. The van der Waals surface area contributed by atoms with Crippen LogP contribution >= 0.6 is 0 Å². The molecule has 0 aliphatic carbocycles. The Morgan fingerprint density at radius 1 is 1.08 bits per heavy atom. The van der Waals surface area contributed by atoms with E-state index in [1.165, 1.54) is 0 Å². The summed E-state index contributed by atoms with van der Waals surface area (Å²) in [6, 6.07) is 0. The van der Waals surface area contributed by atoms with Gasteiger partial charge in [-0.3, -0.25) is 19.1 Å². The minimum Gasteiger partial charge on any atom is -0.349 e. The van der Waals surface area contributed by atoms with E-state index in [9.17, 15) is 19.1 Å². The SMILES string of the molecule is Cc1nc(N2CCN(C=O)CC2)nc(N2CCS(=O)CC2)c1[N+](=O)[O-]. The smallest absolute Gasteiger partial charge is 0.332 e. The summed E-state index contributed by atoms with van der Waals surface area (Å²) in [7, 11) is -0.876. The second kappa shape index (κ2) is 7.30. The van der Waals surface area contributed by atoms with Gasteiger partial charge in [0.1, 0.15) is 5.69 Å². The number of rotatable bonds is 4. The third kappa shape index (κ3) is 3.70. The van der Waals surface area contributed by atoms with Crippen LogP contribution in [0.1, 0.15) is 5.69 Å². The van der Waals surface area contributed by atoms with E-state index in [4.69, 9.17) is 0 Å². The molecule has 1 amide bonds. The first-order valence-corrected chi connectivity index (χ1v) is 9.55. The number of carbonyl (C=O) groups is 1. The zero-order chi connectivity index (χ0) is 18.0. The molecule has 2 aliphatic heterocycles. The van der Waals surface area contributed by atoms with Crippen LogP contribution in [0.5, 0.6) is 0 Å². The van der Waals surface area contributed by atoms with E-state index in [0.717, 1.165) is 6.41 Å². The van der Waals surface area contributed by atoms with E-state index in [1.54, 1.807) is 11.8 Å². The molecule has 10 nitrogen and oxygen atoms in total. The van der Waals surface area contributed by atoms with Crippen molar-refractivity contribution >= 4 is 34.7 Å². The number of hydrogen-bond donors (Lipinski definition) is 0. The Balaban J connectivity index is 1.92. The molecule has 0 radical (unpaired) electrons. The lowest BCUT2D eigenvalue weighted by molar-refractivity contribution is -0.385. The molecule has 0 unspecified atom stereocenters. The summed E-state index contributed by atoms with van der Waals surface area (Å²) in [5, 5.41) is 11.5. The highest BCUT2D eigenvalue weighted by Crippen LogP contribution is 2.31. The largest absolute Gasteiger partial charge is 0.349 e.